The van der Waals surface area contributed by atoms with Crippen LogP contribution in [0.25, 0.3) is 17.3 Å². The quantitative estimate of drug-likeness (QED) is 0.358. The lowest BCUT2D eigenvalue weighted by Crippen LogP contribution is -2.12. The molecule has 0 spiro atoms. The van der Waals surface area contributed by atoms with Crippen molar-refractivity contribution in [2.45, 2.75) is 38.5 Å². The lowest BCUT2D eigenvalue weighted by molar-refractivity contribution is 0.0600. The molecule has 0 N–H and O–H groups in total. The third-order valence-electron chi connectivity index (χ3n) is 6.32. The molecule has 1 aliphatic carbocycles. The van der Waals surface area contributed by atoms with Gasteiger partial charge in [0.15, 0.2) is 11.5 Å². The second-order valence-electron chi connectivity index (χ2n) is 8.48. The van der Waals surface area contributed by atoms with E-state index in [0.29, 0.717) is 17.1 Å². The standard InChI is InChI=1S/C25H22F2N4O3/c1-14-8-9-16(12-17(14)23(32)33-3)31-20(21(26)27)13-19(29-31)22-28-24(30-34-22)25(10-11-25)18-7-5-4-6-15(18)2/h4-9,12-13,21H,10-11H2,1-3H3. The van der Waals surface area contributed by atoms with Gasteiger partial charge in [0.1, 0.15) is 5.69 Å². The largest absolute Gasteiger partial charge is 0.465 e. The maximum absolute atomic E-state index is 13.9. The van der Waals surface area contributed by atoms with E-state index in [1.165, 1.54) is 19.2 Å². The number of benzene rings is 2. The number of methoxy groups -OCH3 is 1. The average molecular weight is 464 g/mol. The number of nitrogens with zero attached hydrogens (tertiary/aromatic N) is 4. The first-order chi connectivity index (χ1) is 16.3. The Morgan fingerprint density at radius 3 is 2.56 bits per heavy atom. The van der Waals surface area contributed by atoms with Gasteiger partial charge < -0.3 is 9.26 Å². The predicted molar refractivity (Wildman–Crippen MR) is 119 cm³/mol. The van der Waals surface area contributed by atoms with Crippen molar-refractivity contribution < 1.29 is 22.8 Å². The van der Waals surface area contributed by atoms with E-state index in [9.17, 15) is 13.6 Å². The number of hydrogen-bond donors (Lipinski definition) is 0. The van der Waals surface area contributed by atoms with Crippen LogP contribution in [0.3, 0.4) is 0 Å². The molecule has 7 nitrogen and oxygen atoms in total. The highest BCUT2D eigenvalue weighted by Crippen LogP contribution is 2.53. The van der Waals surface area contributed by atoms with Crippen molar-refractivity contribution in [3.8, 4) is 17.3 Å². The van der Waals surface area contributed by atoms with Crippen LogP contribution in [0.1, 0.15) is 57.8 Å². The fourth-order valence-electron chi connectivity index (χ4n) is 4.30. The second-order valence-corrected chi connectivity index (χ2v) is 8.48. The van der Waals surface area contributed by atoms with E-state index in [-0.39, 0.29) is 28.3 Å². The van der Waals surface area contributed by atoms with Crippen molar-refractivity contribution in [3.05, 3.63) is 82.3 Å². The maximum Gasteiger partial charge on any atom is 0.338 e. The second kappa shape index (κ2) is 8.16. The number of carbonyl (C=O) groups excluding carboxylic acids is 1. The van der Waals surface area contributed by atoms with E-state index in [0.717, 1.165) is 28.7 Å². The SMILES string of the molecule is COC(=O)c1cc(-n2nc(-c3nc(C4(c5ccccc5C)CC4)no3)cc2C(F)F)ccc1C. The monoisotopic (exact) mass is 464 g/mol. The smallest absolute Gasteiger partial charge is 0.338 e. The predicted octanol–water partition coefficient (Wildman–Crippen LogP) is 5.34. The van der Waals surface area contributed by atoms with Crippen molar-refractivity contribution >= 4 is 5.97 Å². The Bertz CT molecular complexity index is 1390. The highest BCUT2D eigenvalue weighted by Gasteiger charge is 2.50. The molecule has 5 rings (SSSR count). The van der Waals surface area contributed by atoms with Gasteiger partial charge in [-0.25, -0.2) is 18.3 Å². The van der Waals surface area contributed by atoms with E-state index in [4.69, 9.17) is 9.26 Å². The van der Waals surface area contributed by atoms with E-state index in [1.54, 1.807) is 19.1 Å². The molecule has 0 unspecified atom stereocenters. The van der Waals surface area contributed by atoms with Gasteiger partial charge in [-0.2, -0.15) is 10.1 Å². The van der Waals surface area contributed by atoms with Crippen LogP contribution in [0.4, 0.5) is 8.78 Å². The molecule has 2 aromatic heterocycles. The van der Waals surface area contributed by atoms with Crippen LogP contribution in [-0.2, 0) is 10.2 Å². The van der Waals surface area contributed by atoms with Crippen LogP contribution in [0.2, 0.25) is 0 Å². The molecule has 0 amide bonds. The maximum atomic E-state index is 13.9. The summed E-state index contributed by atoms with van der Waals surface area (Å²) in [6.45, 7) is 3.78. The molecule has 1 aliphatic rings. The lowest BCUT2D eigenvalue weighted by atomic mass is 9.91. The zero-order chi connectivity index (χ0) is 24.0. The van der Waals surface area contributed by atoms with E-state index in [1.807, 2.05) is 25.1 Å². The number of aryl methyl sites for hydroxylation is 2. The Morgan fingerprint density at radius 1 is 1.12 bits per heavy atom. The summed E-state index contributed by atoms with van der Waals surface area (Å²) >= 11 is 0. The number of esters is 1. The minimum Gasteiger partial charge on any atom is -0.465 e. The number of alkyl halides is 2. The molecule has 174 valence electrons. The fraction of sp³-hybridized carbons (Fsp3) is 0.280. The zero-order valence-corrected chi connectivity index (χ0v) is 18.9. The summed E-state index contributed by atoms with van der Waals surface area (Å²) in [6.07, 6.45) is -1.05. The molecule has 0 atom stereocenters. The molecule has 0 saturated heterocycles. The van der Waals surface area contributed by atoms with Gasteiger partial charge in [0, 0.05) is 0 Å². The molecule has 4 aromatic rings. The molecule has 2 heterocycles. The molecule has 0 radical (unpaired) electrons. The van der Waals surface area contributed by atoms with Crippen LogP contribution in [0, 0.1) is 13.8 Å². The van der Waals surface area contributed by atoms with Crippen LogP contribution in [-0.4, -0.2) is 33.0 Å². The minimum atomic E-state index is -2.81. The first-order valence-electron chi connectivity index (χ1n) is 10.8. The first-order valence-corrected chi connectivity index (χ1v) is 10.8. The Balaban J connectivity index is 1.54. The fourth-order valence-corrected chi connectivity index (χ4v) is 4.30. The highest BCUT2D eigenvalue weighted by atomic mass is 19.3. The summed E-state index contributed by atoms with van der Waals surface area (Å²) in [4.78, 5) is 16.6. The number of aromatic nitrogens is 4. The molecule has 0 aliphatic heterocycles. The van der Waals surface area contributed by atoms with Gasteiger partial charge in [0.25, 0.3) is 12.3 Å². The summed E-state index contributed by atoms with van der Waals surface area (Å²) in [7, 11) is 1.27. The summed E-state index contributed by atoms with van der Waals surface area (Å²) in [5, 5.41) is 8.50. The Hall–Kier alpha value is -3.88. The number of carbonyl (C=O) groups is 1. The zero-order valence-electron chi connectivity index (χ0n) is 18.9. The summed E-state index contributed by atoms with van der Waals surface area (Å²) < 4.78 is 39.1. The van der Waals surface area contributed by atoms with Gasteiger partial charge in [-0.1, -0.05) is 35.5 Å². The molecule has 0 bridgehead atoms. The van der Waals surface area contributed by atoms with E-state index in [2.05, 4.69) is 21.3 Å². The third-order valence-corrected chi connectivity index (χ3v) is 6.32. The Labute approximate surface area is 194 Å². The summed E-state index contributed by atoms with van der Waals surface area (Å²) in [6, 6.07) is 14.0. The van der Waals surface area contributed by atoms with Crippen molar-refractivity contribution in [2.75, 3.05) is 7.11 Å². The summed E-state index contributed by atoms with van der Waals surface area (Å²) in [5.41, 5.74) is 2.95. The van der Waals surface area contributed by atoms with Crippen molar-refractivity contribution in [3.63, 3.8) is 0 Å². The first kappa shape index (κ1) is 21.9. The number of halogens is 2. The van der Waals surface area contributed by atoms with Gasteiger partial charge in [0.05, 0.1) is 23.8 Å². The molecular weight excluding hydrogens is 442 g/mol. The topological polar surface area (TPSA) is 83.0 Å². The van der Waals surface area contributed by atoms with Gasteiger partial charge in [-0.15, -0.1) is 0 Å². The van der Waals surface area contributed by atoms with Gasteiger partial charge in [-0.3, -0.25) is 0 Å². The number of hydrogen-bond acceptors (Lipinski definition) is 6. The van der Waals surface area contributed by atoms with Gasteiger partial charge >= 0.3 is 5.97 Å². The Morgan fingerprint density at radius 2 is 1.88 bits per heavy atom. The molecule has 34 heavy (non-hydrogen) atoms. The summed E-state index contributed by atoms with van der Waals surface area (Å²) in [5.74, 6) is 0.0295. The average Bonchev–Trinajstić information content (AvgIpc) is 3.27. The van der Waals surface area contributed by atoms with E-state index >= 15 is 0 Å². The van der Waals surface area contributed by atoms with Gasteiger partial charge in [0.2, 0.25) is 0 Å². The van der Waals surface area contributed by atoms with Crippen molar-refractivity contribution in [1.82, 2.24) is 19.9 Å². The van der Waals surface area contributed by atoms with E-state index < -0.39 is 12.4 Å². The van der Waals surface area contributed by atoms with Crippen LogP contribution < -0.4 is 0 Å². The van der Waals surface area contributed by atoms with Crippen molar-refractivity contribution in [2.24, 2.45) is 0 Å². The molecule has 9 heteroatoms. The highest BCUT2D eigenvalue weighted by molar-refractivity contribution is 5.91. The van der Waals surface area contributed by atoms with Crippen LogP contribution in [0.5, 0.6) is 0 Å². The Kier molecular flexibility index (Phi) is 5.27. The third kappa shape index (κ3) is 3.57. The number of ether oxygens (including phenoxy) is 1. The van der Waals surface area contributed by atoms with Crippen molar-refractivity contribution in [1.29, 1.82) is 0 Å². The molecule has 1 saturated carbocycles. The normalized spacial score (nSPS) is 14.4. The van der Waals surface area contributed by atoms with Gasteiger partial charge in [-0.05, 0) is 61.6 Å². The minimum absolute atomic E-state index is 0.0656. The number of rotatable bonds is 6. The van der Waals surface area contributed by atoms with Crippen LogP contribution in [0.15, 0.2) is 53.1 Å². The molecule has 2 aromatic carbocycles. The molecular formula is C25H22F2N4O3. The van der Waals surface area contributed by atoms with Crippen LogP contribution >= 0.6 is 0 Å². The molecule has 1 fully saturated rings. The lowest BCUT2D eigenvalue weighted by Gasteiger charge is -2.13.